The molecular formula is C47H68N5O+. The number of aliphatic hydroxyl groups is 1. The predicted octanol–water partition coefficient (Wildman–Crippen LogP) is 10.6. The van der Waals surface area contributed by atoms with Crippen LogP contribution in [0.4, 0.5) is 11.4 Å². The van der Waals surface area contributed by atoms with E-state index in [2.05, 4.69) is 124 Å². The quantitative estimate of drug-likeness (QED) is 0.0619. The van der Waals surface area contributed by atoms with Gasteiger partial charge in [0.2, 0.25) is 5.69 Å². The average molecular weight is 719 g/mol. The lowest BCUT2D eigenvalue weighted by molar-refractivity contribution is -0.437. The molecule has 0 amide bonds. The molecule has 0 radical (unpaired) electrons. The number of anilines is 1. The van der Waals surface area contributed by atoms with Gasteiger partial charge in [-0.3, -0.25) is 5.01 Å². The minimum absolute atomic E-state index is 0.0991. The second kappa shape index (κ2) is 18.4. The molecule has 6 nitrogen and oxygen atoms in total. The molecule has 0 unspecified atom stereocenters. The van der Waals surface area contributed by atoms with Crippen molar-refractivity contribution in [3.05, 3.63) is 118 Å². The van der Waals surface area contributed by atoms with Crippen molar-refractivity contribution in [1.82, 2.24) is 5.01 Å². The van der Waals surface area contributed by atoms with Crippen LogP contribution >= 0.6 is 0 Å². The molecule has 286 valence electrons. The highest BCUT2D eigenvalue weighted by molar-refractivity contribution is 6.03. The number of hydrazine groups is 1. The summed E-state index contributed by atoms with van der Waals surface area (Å²) in [6.07, 6.45) is 25.2. The molecule has 0 saturated carbocycles. The van der Waals surface area contributed by atoms with Crippen LogP contribution in [0.25, 0.3) is 0 Å². The number of nitrogens with zero attached hydrogens (tertiary/aromatic N) is 3. The van der Waals surface area contributed by atoms with Crippen LogP contribution in [0.5, 0.6) is 0 Å². The third-order valence-corrected chi connectivity index (χ3v) is 11.6. The second-order valence-corrected chi connectivity index (χ2v) is 16.3. The van der Waals surface area contributed by atoms with Crippen molar-refractivity contribution < 1.29 is 9.68 Å². The Hall–Kier alpha value is -3.87. The maximum absolute atomic E-state index is 9.04. The fourth-order valence-corrected chi connectivity index (χ4v) is 8.77. The highest BCUT2D eigenvalue weighted by Gasteiger charge is 2.44. The molecule has 2 aromatic rings. The highest BCUT2D eigenvalue weighted by Crippen LogP contribution is 2.48. The molecule has 0 saturated heterocycles. The standard InChI is InChI=1S/C47H68N5O/c1-7-32-50-41-26-17-15-24-39(41)46(3,4)43(50)30-28-36-21-20-22-37(45(36)52(49)35-38(48)23-14-12-10-9-11-13-19-34-53)29-31-44-47(5,6)40-25-16-18-27-42(40)51(44)33-8-2/h15-18,24-31,35,53H,7-14,19-23,32-34,48-49H2,1-6H3/q+1/b38-35-. The van der Waals surface area contributed by atoms with Gasteiger partial charge in [0.05, 0.1) is 11.1 Å². The van der Waals surface area contributed by atoms with Gasteiger partial charge in [0.25, 0.3) is 0 Å². The molecule has 5 N–H and O–H groups in total. The Kier molecular flexibility index (Phi) is 14.0. The van der Waals surface area contributed by atoms with E-state index in [1.54, 1.807) is 0 Å². The van der Waals surface area contributed by atoms with Crippen LogP contribution in [0.2, 0.25) is 0 Å². The number of benzene rings is 2. The molecule has 6 heteroatoms. The van der Waals surface area contributed by atoms with E-state index in [0.717, 1.165) is 88.7 Å². The first-order valence-electron chi connectivity index (χ1n) is 20.6. The molecule has 1 aliphatic carbocycles. The first kappa shape index (κ1) is 40.3. The SMILES string of the molecule is CCCN1/C(=C/C=C2\CCCC(/C=C/C3=[N+](CCC)c4ccccc4C3(C)C)=C2N(N)/C=C(\N)CCCCCCCCCO)C(C)(C)c2ccccc21. The second-order valence-electron chi connectivity index (χ2n) is 16.3. The number of allylic oxidation sites excluding steroid dienone is 8. The van der Waals surface area contributed by atoms with E-state index in [4.69, 9.17) is 16.7 Å². The van der Waals surface area contributed by atoms with Gasteiger partial charge in [-0.25, -0.2) is 5.84 Å². The molecule has 0 fully saturated rings. The summed E-state index contributed by atoms with van der Waals surface area (Å²) in [7, 11) is 0. The Morgan fingerprint density at radius 2 is 1.51 bits per heavy atom. The third-order valence-electron chi connectivity index (χ3n) is 11.6. The van der Waals surface area contributed by atoms with E-state index in [-0.39, 0.29) is 10.8 Å². The zero-order valence-corrected chi connectivity index (χ0v) is 33.8. The minimum Gasteiger partial charge on any atom is -0.401 e. The van der Waals surface area contributed by atoms with E-state index in [1.807, 2.05) is 11.2 Å². The largest absolute Gasteiger partial charge is 0.401 e. The molecule has 0 spiro atoms. The topological polar surface area (TPSA) is 81.8 Å². The Morgan fingerprint density at radius 3 is 2.23 bits per heavy atom. The molecule has 0 bridgehead atoms. The zero-order valence-electron chi connectivity index (χ0n) is 33.8. The van der Waals surface area contributed by atoms with Crippen LogP contribution in [0.3, 0.4) is 0 Å². The molecule has 5 rings (SSSR count). The summed E-state index contributed by atoms with van der Waals surface area (Å²) in [6, 6.07) is 17.8. The minimum atomic E-state index is -0.0991. The lowest BCUT2D eigenvalue weighted by Gasteiger charge is -2.29. The van der Waals surface area contributed by atoms with Gasteiger partial charge < -0.3 is 15.7 Å². The number of hydrogen-bond donors (Lipinski definition) is 3. The van der Waals surface area contributed by atoms with Crippen LogP contribution in [0.1, 0.15) is 136 Å². The number of para-hydroxylation sites is 2. The van der Waals surface area contributed by atoms with Gasteiger partial charge in [0, 0.05) is 66.0 Å². The van der Waals surface area contributed by atoms with Crippen molar-refractivity contribution in [3.63, 3.8) is 0 Å². The summed E-state index contributed by atoms with van der Waals surface area (Å²) in [6.45, 7) is 16.2. The fourth-order valence-electron chi connectivity index (χ4n) is 8.77. The van der Waals surface area contributed by atoms with E-state index in [0.29, 0.717) is 6.61 Å². The van der Waals surface area contributed by atoms with Crippen LogP contribution in [-0.4, -0.2) is 40.1 Å². The number of hydrogen-bond acceptors (Lipinski definition) is 5. The van der Waals surface area contributed by atoms with Crippen molar-refractivity contribution in [3.8, 4) is 0 Å². The smallest absolute Gasteiger partial charge is 0.209 e. The van der Waals surface area contributed by atoms with Crippen LogP contribution in [0.15, 0.2) is 107 Å². The molecule has 0 aromatic heterocycles. The van der Waals surface area contributed by atoms with Crippen molar-refractivity contribution >= 4 is 17.1 Å². The van der Waals surface area contributed by atoms with E-state index < -0.39 is 0 Å². The van der Waals surface area contributed by atoms with Gasteiger partial charge in [-0.2, -0.15) is 4.58 Å². The molecule has 2 aromatic carbocycles. The number of fused-ring (bicyclic) bond motifs is 2. The maximum atomic E-state index is 9.04. The summed E-state index contributed by atoms with van der Waals surface area (Å²) < 4.78 is 2.52. The highest BCUT2D eigenvalue weighted by atomic mass is 16.2. The van der Waals surface area contributed by atoms with Crippen LogP contribution < -0.4 is 16.5 Å². The summed E-state index contributed by atoms with van der Waals surface area (Å²) in [5, 5.41) is 10.9. The number of nitrogens with two attached hydrogens (primary N) is 2. The lowest BCUT2D eigenvalue weighted by atomic mass is 9.81. The Balaban J connectivity index is 1.50. The Bertz CT molecular complexity index is 1750. The van der Waals surface area contributed by atoms with Gasteiger partial charge in [0.1, 0.15) is 6.54 Å². The molecule has 3 aliphatic rings. The van der Waals surface area contributed by atoms with Gasteiger partial charge in [-0.1, -0.05) is 108 Å². The average Bonchev–Trinajstić information content (AvgIpc) is 3.49. The lowest BCUT2D eigenvalue weighted by Crippen LogP contribution is -2.30. The predicted molar refractivity (Wildman–Crippen MR) is 225 cm³/mol. The van der Waals surface area contributed by atoms with Crippen LogP contribution in [-0.2, 0) is 10.8 Å². The number of unbranched alkanes of at least 4 members (excludes halogenated alkanes) is 6. The number of aliphatic hydroxyl groups excluding tert-OH is 1. The molecule has 53 heavy (non-hydrogen) atoms. The maximum Gasteiger partial charge on any atom is 0.209 e. The van der Waals surface area contributed by atoms with Gasteiger partial charge in [-0.05, 0) is 87.6 Å². The van der Waals surface area contributed by atoms with Crippen molar-refractivity contribution in [1.29, 1.82) is 0 Å². The summed E-state index contributed by atoms with van der Waals surface area (Å²) in [5.74, 6) is 7.07. The normalized spacial score (nSPS) is 19.6. The van der Waals surface area contributed by atoms with Crippen LogP contribution in [0, 0.1) is 0 Å². The number of rotatable bonds is 18. The van der Waals surface area contributed by atoms with Crippen molar-refractivity contribution in [2.45, 2.75) is 136 Å². The zero-order chi connectivity index (χ0) is 38.0. The van der Waals surface area contributed by atoms with Crippen molar-refractivity contribution in [2.24, 2.45) is 11.6 Å². The molecule has 2 heterocycles. The van der Waals surface area contributed by atoms with Gasteiger partial charge in [-0.15, -0.1) is 0 Å². The van der Waals surface area contributed by atoms with E-state index >= 15 is 0 Å². The molecule has 0 atom stereocenters. The Morgan fingerprint density at radius 1 is 0.830 bits per heavy atom. The summed E-state index contributed by atoms with van der Waals surface area (Å²) in [5.41, 5.74) is 19.0. The fraction of sp³-hybridized carbons (Fsp3) is 0.511. The third kappa shape index (κ3) is 9.09. The molecular weight excluding hydrogens is 651 g/mol. The van der Waals surface area contributed by atoms with E-state index in [1.165, 1.54) is 64.3 Å². The van der Waals surface area contributed by atoms with Crippen molar-refractivity contribution in [2.75, 3.05) is 24.6 Å². The molecule has 2 aliphatic heterocycles. The summed E-state index contributed by atoms with van der Waals surface area (Å²) in [4.78, 5) is 2.52. The monoisotopic (exact) mass is 719 g/mol. The first-order chi connectivity index (χ1) is 25.6. The van der Waals surface area contributed by atoms with E-state index in [9.17, 15) is 0 Å². The summed E-state index contributed by atoms with van der Waals surface area (Å²) >= 11 is 0. The van der Waals surface area contributed by atoms with Gasteiger partial charge >= 0.3 is 0 Å². The van der Waals surface area contributed by atoms with Gasteiger partial charge in [0.15, 0.2) is 5.71 Å². The Labute approximate surface area is 321 Å². The first-order valence-corrected chi connectivity index (χ1v) is 20.6.